The van der Waals surface area contributed by atoms with Crippen molar-refractivity contribution in [2.24, 2.45) is 0 Å². The van der Waals surface area contributed by atoms with E-state index in [1.165, 1.54) is 7.11 Å². The van der Waals surface area contributed by atoms with Gasteiger partial charge in [0, 0.05) is 13.0 Å². The lowest BCUT2D eigenvalue weighted by atomic mass is 10.1. The highest BCUT2D eigenvalue weighted by Crippen LogP contribution is 2.04. The van der Waals surface area contributed by atoms with Crippen LogP contribution in [0.1, 0.15) is 20.3 Å². The summed E-state index contributed by atoms with van der Waals surface area (Å²) in [4.78, 5) is 22.5. The Kier molecular flexibility index (Phi) is 5.15. The van der Waals surface area contributed by atoms with E-state index < -0.39 is 11.5 Å². The largest absolute Gasteiger partial charge is 0.467 e. The summed E-state index contributed by atoms with van der Waals surface area (Å²) in [6, 6.07) is 0. The fraction of sp³-hybridized carbons (Fsp3) is 0.778. The van der Waals surface area contributed by atoms with Crippen LogP contribution in [-0.2, 0) is 14.3 Å². The molecular weight excluding hydrogens is 184 g/mol. The summed E-state index contributed by atoms with van der Waals surface area (Å²) in [5.74, 6) is -0.620. The molecule has 0 unspecified atom stereocenters. The normalized spacial score (nSPS) is 10.9. The molecule has 82 valence electrons. The molecular formula is C9H18N2O3. The zero-order chi connectivity index (χ0) is 11.2. The van der Waals surface area contributed by atoms with Crippen LogP contribution in [0.15, 0.2) is 0 Å². The third-order valence-electron chi connectivity index (χ3n) is 1.75. The molecule has 0 aromatic heterocycles. The highest BCUT2D eigenvalue weighted by molar-refractivity contribution is 5.87. The summed E-state index contributed by atoms with van der Waals surface area (Å²) in [6.07, 6.45) is 0.344. The molecule has 0 atom stereocenters. The van der Waals surface area contributed by atoms with Gasteiger partial charge in [0.15, 0.2) is 0 Å². The monoisotopic (exact) mass is 202 g/mol. The molecule has 0 aliphatic rings. The maximum atomic E-state index is 11.3. The van der Waals surface area contributed by atoms with Crippen LogP contribution in [0.5, 0.6) is 0 Å². The van der Waals surface area contributed by atoms with Crippen molar-refractivity contribution < 1.29 is 14.3 Å². The quantitative estimate of drug-likeness (QED) is 0.599. The highest BCUT2D eigenvalue weighted by atomic mass is 16.5. The lowest BCUT2D eigenvalue weighted by Gasteiger charge is -2.22. The van der Waals surface area contributed by atoms with Gasteiger partial charge in [0.1, 0.15) is 5.54 Å². The summed E-state index contributed by atoms with van der Waals surface area (Å²) in [6.45, 7) is 3.80. The number of ether oxygens (including phenoxy) is 1. The molecule has 0 rings (SSSR count). The number of hydrogen-bond donors (Lipinski definition) is 2. The molecule has 0 aromatic rings. The van der Waals surface area contributed by atoms with Crippen molar-refractivity contribution >= 4 is 11.9 Å². The van der Waals surface area contributed by atoms with E-state index in [1.54, 1.807) is 20.9 Å². The van der Waals surface area contributed by atoms with Gasteiger partial charge in [-0.3, -0.25) is 4.79 Å². The van der Waals surface area contributed by atoms with E-state index in [0.29, 0.717) is 13.0 Å². The number of methoxy groups -OCH3 is 1. The maximum Gasteiger partial charge on any atom is 0.330 e. The van der Waals surface area contributed by atoms with E-state index in [4.69, 9.17) is 0 Å². The SMILES string of the molecule is CNCCC(=O)NC(C)(C)C(=O)OC. The second kappa shape index (κ2) is 5.59. The van der Waals surface area contributed by atoms with E-state index in [0.717, 1.165) is 0 Å². The molecule has 0 saturated heterocycles. The first kappa shape index (κ1) is 12.9. The van der Waals surface area contributed by atoms with Crippen molar-refractivity contribution in [1.82, 2.24) is 10.6 Å². The molecule has 0 radical (unpaired) electrons. The van der Waals surface area contributed by atoms with E-state index in [-0.39, 0.29) is 5.91 Å². The van der Waals surface area contributed by atoms with Crippen LogP contribution in [0.3, 0.4) is 0 Å². The lowest BCUT2D eigenvalue weighted by Crippen LogP contribution is -2.50. The highest BCUT2D eigenvalue weighted by Gasteiger charge is 2.29. The van der Waals surface area contributed by atoms with E-state index in [9.17, 15) is 9.59 Å². The fourth-order valence-electron chi connectivity index (χ4n) is 0.956. The molecule has 0 aromatic carbocycles. The van der Waals surface area contributed by atoms with E-state index in [2.05, 4.69) is 15.4 Å². The zero-order valence-corrected chi connectivity index (χ0v) is 9.14. The second-order valence-electron chi connectivity index (χ2n) is 3.52. The number of carbonyl (C=O) groups excluding carboxylic acids is 2. The first-order valence-electron chi connectivity index (χ1n) is 4.48. The standard InChI is InChI=1S/C9H18N2O3/c1-9(2,8(13)14-4)11-7(12)5-6-10-3/h10H,5-6H2,1-4H3,(H,11,12). The van der Waals surface area contributed by atoms with Crippen molar-refractivity contribution in [3.05, 3.63) is 0 Å². The van der Waals surface area contributed by atoms with Crippen molar-refractivity contribution in [1.29, 1.82) is 0 Å². The van der Waals surface area contributed by atoms with Crippen molar-refractivity contribution in [2.75, 3.05) is 20.7 Å². The molecule has 1 amide bonds. The summed E-state index contributed by atoms with van der Waals surface area (Å²) >= 11 is 0. The minimum absolute atomic E-state index is 0.172. The predicted molar refractivity (Wildman–Crippen MR) is 52.8 cm³/mol. The molecule has 5 heteroatoms. The van der Waals surface area contributed by atoms with Crippen molar-refractivity contribution in [3.8, 4) is 0 Å². The Morgan fingerprint density at radius 1 is 1.36 bits per heavy atom. The van der Waals surface area contributed by atoms with E-state index in [1.807, 2.05) is 0 Å². The molecule has 14 heavy (non-hydrogen) atoms. The molecule has 0 heterocycles. The Bertz CT molecular complexity index is 214. The summed E-state index contributed by atoms with van der Waals surface area (Å²) in [5.41, 5.74) is -0.959. The minimum atomic E-state index is -0.959. The van der Waals surface area contributed by atoms with Gasteiger partial charge < -0.3 is 15.4 Å². The molecule has 0 saturated carbocycles. The first-order chi connectivity index (χ1) is 6.44. The van der Waals surface area contributed by atoms with E-state index >= 15 is 0 Å². The topological polar surface area (TPSA) is 67.4 Å². The average molecular weight is 202 g/mol. The number of nitrogens with one attached hydrogen (secondary N) is 2. The molecule has 0 fully saturated rings. The van der Waals surface area contributed by atoms with Gasteiger partial charge >= 0.3 is 5.97 Å². The Balaban J connectivity index is 4.08. The van der Waals surface area contributed by atoms with Crippen LogP contribution in [0, 0.1) is 0 Å². The number of amides is 1. The van der Waals surface area contributed by atoms with Gasteiger partial charge in [0.2, 0.25) is 5.91 Å². The Labute approximate surface area is 84.2 Å². The third kappa shape index (κ3) is 4.23. The first-order valence-corrected chi connectivity index (χ1v) is 4.48. The average Bonchev–Trinajstić information content (AvgIpc) is 2.12. The number of hydrogen-bond acceptors (Lipinski definition) is 4. The Morgan fingerprint density at radius 3 is 2.36 bits per heavy atom. The van der Waals surface area contributed by atoms with Crippen LogP contribution in [0.2, 0.25) is 0 Å². The molecule has 0 bridgehead atoms. The zero-order valence-electron chi connectivity index (χ0n) is 9.14. The van der Waals surface area contributed by atoms with Crippen LogP contribution in [0.25, 0.3) is 0 Å². The second-order valence-corrected chi connectivity index (χ2v) is 3.52. The smallest absolute Gasteiger partial charge is 0.330 e. The van der Waals surface area contributed by atoms with Gasteiger partial charge in [-0.15, -0.1) is 0 Å². The number of esters is 1. The van der Waals surface area contributed by atoms with Gasteiger partial charge in [-0.25, -0.2) is 4.79 Å². The van der Waals surface area contributed by atoms with Gasteiger partial charge in [0.25, 0.3) is 0 Å². The van der Waals surface area contributed by atoms with Crippen molar-refractivity contribution in [2.45, 2.75) is 25.8 Å². The summed E-state index contributed by atoms with van der Waals surface area (Å²) in [7, 11) is 3.06. The van der Waals surface area contributed by atoms with Crippen LogP contribution in [-0.4, -0.2) is 38.1 Å². The van der Waals surface area contributed by atoms with Gasteiger partial charge in [0.05, 0.1) is 7.11 Å². The molecule has 2 N–H and O–H groups in total. The Morgan fingerprint density at radius 2 is 1.93 bits per heavy atom. The van der Waals surface area contributed by atoms with Crippen LogP contribution >= 0.6 is 0 Å². The number of rotatable bonds is 5. The van der Waals surface area contributed by atoms with Gasteiger partial charge in [-0.05, 0) is 20.9 Å². The summed E-state index contributed by atoms with van der Waals surface area (Å²) < 4.78 is 4.55. The molecule has 5 nitrogen and oxygen atoms in total. The summed E-state index contributed by atoms with van der Waals surface area (Å²) in [5, 5.41) is 5.44. The lowest BCUT2D eigenvalue weighted by molar-refractivity contribution is -0.149. The maximum absolute atomic E-state index is 11.3. The predicted octanol–water partition coefficient (Wildman–Crippen LogP) is -0.336. The third-order valence-corrected chi connectivity index (χ3v) is 1.75. The minimum Gasteiger partial charge on any atom is -0.467 e. The molecule has 0 aliphatic heterocycles. The van der Waals surface area contributed by atoms with Gasteiger partial charge in [-0.1, -0.05) is 0 Å². The fourth-order valence-corrected chi connectivity index (χ4v) is 0.956. The molecule has 0 spiro atoms. The van der Waals surface area contributed by atoms with Crippen LogP contribution < -0.4 is 10.6 Å². The Hall–Kier alpha value is -1.10. The molecule has 0 aliphatic carbocycles. The number of carbonyl (C=O) groups is 2. The van der Waals surface area contributed by atoms with Gasteiger partial charge in [-0.2, -0.15) is 0 Å². The van der Waals surface area contributed by atoms with Crippen molar-refractivity contribution in [3.63, 3.8) is 0 Å². The van der Waals surface area contributed by atoms with Crippen LogP contribution in [0.4, 0.5) is 0 Å².